The lowest BCUT2D eigenvalue weighted by Gasteiger charge is -2.31. The Morgan fingerprint density at radius 3 is 2.74 bits per heavy atom. The van der Waals surface area contributed by atoms with Gasteiger partial charge in [-0.3, -0.25) is 4.79 Å². The predicted molar refractivity (Wildman–Crippen MR) is 69.8 cm³/mol. The molecule has 102 valence electrons. The van der Waals surface area contributed by atoms with Gasteiger partial charge in [0.15, 0.2) is 17.3 Å². The number of Topliss-reactive ketones (excluding diaryl/α,β-unsaturated/α-hetero) is 1. The molecule has 0 unspecified atom stereocenters. The molecule has 1 atom stereocenters. The Hall–Kier alpha value is -2.01. The SMILES string of the molecule is COc1c(O)c(C(C)=O)cc2c1O[C@@](C)(CO)C=C2. The van der Waals surface area contributed by atoms with Crippen molar-refractivity contribution >= 4 is 11.9 Å². The van der Waals surface area contributed by atoms with Crippen molar-refractivity contribution in [3.63, 3.8) is 0 Å². The Balaban J connectivity index is 2.65. The second kappa shape index (κ2) is 4.59. The summed E-state index contributed by atoms with van der Waals surface area (Å²) < 4.78 is 10.8. The minimum Gasteiger partial charge on any atom is -0.504 e. The standard InChI is InChI=1S/C14H16O5/c1-8(16)10-6-9-4-5-14(2,7-15)19-12(9)13(18-3)11(10)17/h4-6,15,17H,7H2,1-3H3/t14-/m1/s1. The molecule has 5 nitrogen and oxygen atoms in total. The van der Waals surface area contributed by atoms with Gasteiger partial charge in [-0.05, 0) is 26.0 Å². The normalized spacial score (nSPS) is 20.6. The molecule has 1 aliphatic heterocycles. The molecule has 1 aliphatic rings. The second-order valence-electron chi connectivity index (χ2n) is 4.69. The number of carbonyl (C=O) groups is 1. The molecule has 2 N–H and O–H groups in total. The summed E-state index contributed by atoms with van der Waals surface area (Å²) in [6.45, 7) is 2.87. The Bertz CT molecular complexity index is 561. The van der Waals surface area contributed by atoms with Crippen molar-refractivity contribution in [2.45, 2.75) is 19.4 Å². The maximum atomic E-state index is 11.5. The van der Waals surface area contributed by atoms with Crippen LogP contribution in [0.25, 0.3) is 6.08 Å². The third-order valence-corrected chi connectivity index (χ3v) is 3.09. The number of ether oxygens (including phenoxy) is 2. The summed E-state index contributed by atoms with van der Waals surface area (Å²) in [7, 11) is 1.39. The van der Waals surface area contributed by atoms with E-state index in [1.165, 1.54) is 14.0 Å². The lowest BCUT2D eigenvalue weighted by molar-refractivity contribution is 0.0610. The van der Waals surface area contributed by atoms with E-state index in [2.05, 4.69) is 0 Å². The number of carbonyl (C=O) groups excluding carboxylic acids is 1. The topological polar surface area (TPSA) is 76.0 Å². The molecule has 0 aliphatic carbocycles. The van der Waals surface area contributed by atoms with E-state index in [9.17, 15) is 15.0 Å². The van der Waals surface area contributed by atoms with Crippen LogP contribution in [0.3, 0.4) is 0 Å². The van der Waals surface area contributed by atoms with E-state index in [-0.39, 0.29) is 29.5 Å². The van der Waals surface area contributed by atoms with Crippen LogP contribution in [-0.2, 0) is 0 Å². The lowest BCUT2D eigenvalue weighted by Crippen LogP contribution is -2.36. The van der Waals surface area contributed by atoms with E-state index in [1.807, 2.05) is 0 Å². The smallest absolute Gasteiger partial charge is 0.204 e. The van der Waals surface area contributed by atoms with E-state index in [0.717, 1.165) is 0 Å². The van der Waals surface area contributed by atoms with Crippen LogP contribution in [-0.4, -0.2) is 35.3 Å². The van der Waals surface area contributed by atoms with Crippen LogP contribution in [0, 0.1) is 0 Å². The molecule has 1 aromatic rings. The van der Waals surface area contributed by atoms with Crippen LogP contribution in [0.2, 0.25) is 0 Å². The molecule has 0 spiro atoms. The van der Waals surface area contributed by atoms with Gasteiger partial charge in [-0.15, -0.1) is 0 Å². The van der Waals surface area contributed by atoms with Crippen LogP contribution in [0.1, 0.15) is 29.8 Å². The van der Waals surface area contributed by atoms with Gasteiger partial charge in [0.05, 0.1) is 19.3 Å². The number of phenols is 1. The fourth-order valence-corrected chi connectivity index (χ4v) is 1.96. The number of phenolic OH excluding ortho intramolecular Hbond substituents is 1. The number of fused-ring (bicyclic) bond motifs is 1. The molecular formula is C14H16O5. The monoisotopic (exact) mass is 264 g/mol. The molecule has 5 heteroatoms. The van der Waals surface area contributed by atoms with E-state index in [1.54, 1.807) is 25.1 Å². The zero-order valence-electron chi connectivity index (χ0n) is 11.1. The van der Waals surface area contributed by atoms with Crippen molar-refractivity contribution in [2.75, 3.05) is 13.7 Å². The van der Waals surface area contributed by atoms with Crippen molar-refractivity contribution in [3.05, 3.63) is 23.3 Å². The summed E-state index contributed by atoms with van der Waals surface area (Å²) >= 11 is 0. The molecule has 1 heterocycles. The first-order valence-corrected chi connectivity index (χ1v) is 5.86. The van der Waals surface area contributed by atoms with Crippen LogP contribution in [0.5, 0.6) is 17.2 Å². The van der Waals surface area contributed by atoms with Crippen molar-refractivity contribution < 1.29 is 24.5 Å². The largest absolute Gasteiger partial charge is 0.504 e. The third kappa shape index (κ3) is 2.17. The molecule has 0 saturated carbocycles. The molecule has 1 aromatic carbocycles. The van der Waals surface area contributed by atoms with E-state index in [0.29, 0.717) is 11.3 Å². The number of benzene rings is 1. The van der Waals surface area contributed by atoms with Gasteiger partial charge >= 0.3 is 0 Å². The maximum absolute atomic E-state index is 11.5. The first kappa shape index (κ1) is 13.4. The summed E-state index contributed by atoms with van der Waals surface area (Å²) in [6.07, 6.45) is 3.44. The Morgan fingerprint density at radius 2 is 2.21 bits per heavy atom. The van der Waals surface area contributed by atoms with Gasteiger partial charge in [0, 0.05) is 5.56 Å². The summed E-state index contributed by atoms with van der Waals surface area (Å²) in [5, 5.41) is 19.4. The summed E-state index contributed by atoms with van der Waals surface area (Å²) in [6, 6.07) is 1.54. The Labute approximate surface area is 111 Å². The fourth-order valence-electron chi connectivity index (χ4n) is 1.96. The van der Waals surface area contributed by atoms with Crippen molar-refractivity contribution in [1.29, 1.82) is 0 Å². The van der Waals surface area contributed by atoms with E-state index >= 15 is 0 Å². The highest BCUT2D eigenvalue weighted by atomic mass is 16.5. The Morgan fingerprint density at radius 1 is 1.53 bits per heavy atom. The second-order valence-corrected chi connectivity index (χ2v) is 4.69. The maximum Gasteiger partial charge on any atom is 0.204 e. The number of ketones is 1. The van der Waals surface area contributed by atoms with E-state index in [4.69, 9.17) is 9.47 Å². The highest BCUT2D eigenvalue weighted by Gasteiger charge is 2.31. The highest BCUT2D eigenvalue weighted by Crippen LogP contribution is 2.46. The number of hydrogen-bond acceptors (Lipinski definition) is 5. The molecule has 0 fully saturated rings. The Kier molecular flexibility index (Phi) is 3.24. The quantitative estimate of drug-likeness (QED) is 0.813. The molecule has 0 radical (unpaired) electrons. The molecule has 19 heavy (non-hydrogen) atoms. The number of aromatic hydroxyl groups is 1. The summed E-state index contributed by atoms with van der Waals surface area (Å²) in [5.41, 5.74) is -0.0630. The van der Waals surface area contributed by atoms with Gasteiger partial charge in [0.1, 0.15) is 5.60 Å². The number of hydrogen-bond donors (Lipinski definition) is 2. The predicted octanol–water partition coefficient (Wildman–Crippen LogP) is 1.76. The van der Waals surface area contributed by atoms with Crippen molar-refractivity contribution in [3.8, 4) is 17.2 Å². The first-order chi connectivity index (χ1) is 8.91. The number of rotatable bonds is 3. The molecule has 2 rings (SSSR count). The first-order valence-electron chi connectivity index (χ1n) is 5.86. The molecule has 0 aromatic heterocycles. The van der Waals surface area contributed by atoms with Crippen molar-refractivity contribution in [2.24, 2.45) is 0 Å². The van der Waals surface area contributed by atoms with Gasteiger partial charge < -0.3 is 19.7 Å². The van der Waals surface area contributed by atoms with Gasteiger partial charge in [0.25, 0.3) is 0 Å². The number of aliphatic hydroxyl groups is 1. The number of methoxy groups -OCH3 is 1. The highest BCUT2D eigenvalue weighted by molar-refractivity contribution is 5.99. The zero-order chi connectivity index (χ0) is 14.2. The minimum atomic E-state index is -0.871. The summed E-state index contributed by atoms with van der Waals surface area (Å²) in [4.78, 5) is 11.5. The van der Waals surface area contributed by atoms with Crippen LogP contribution < -0.4 is 9.47 Å². The minimum absolute atomic E-state index is 0.103. The summed E-state index contributed by atoms with van der Waals surface area (Å²) in [5.74, 6) is -0.0809. The van der Waals surface area contributed by atoms with Crippen LogP contribution >= 0.6 is 0 Å². The molecular weight excluding hydrogens is 248 g/mol. The number of aliphatic hydroxyl groups excluding tert-OH is 1. The van der Waals surface area contributed by atoms with Gasteiger partial charge in [-0.25, -0.2) is 0 Å². The van der Waals surface area contributed by atoms with Crippen LogP contribution in [0.4, 0.5) is 0 Å². The molecule has 0 bridgehead atoms. The van der Waals surface area contributed by atoms with Gasteiger partial charge in [-0.2, -0.15) is 0 Å². The van der Waals surface area contributed by atoms with Gasteiger partial charge in [-0.1, -0.05) is 6.08 Å². The third-order valence-electron chi connectivity index (χ3n) is 3.09. The van der Waals surface area contributed by atoms with Crippen molar-refractivity contribution in [1.82, 2.24) is 0 Å². The molecule has 0 amide bonds. The van der Waals surface area contributed by atoms with Gasteiger partial charge in [0.2, 0.25) is 5.75 Å². The van der Waals surface area contributed by atoms with E-state index < -0.39 is 5.60 Å². The average molecular weight is 264 g/mol. The fraction of sp³-hybridized carbons (Fsp3) is 0.357. The zero-order valence-corrected chi connectivity index (χ0v) is 11.1. The molecule has 0 saturated heterocycles. The lowest BCUT2D eigenvalue weighted by atomic mass is 9.97. The van der Waals surface area contributed by atoms with Crippen LogP contribution in [0.15, 0.2) is 12.1 Å². The average Bonchev–Trinajstić information content (AvgIpc) is 2.38.